The second kappa shape index (κ2) is 8.16. The van der Waals surface area contributed by atoms with E-state index >= 15 is 0 Å². The van der Waals surface area contributed by atoms with E-state index in [2.05, 4.69) is 21.6 Å². The standard InChI is InChI=1S/C19H26F2N4O2S/c1-13-7-6-10-24(12-13)17-9-5-4-8-16(17)11-22-28(26,27)18-14(2)23-25(15(18)3)19(20)21/h4-5,8-9,13,19,22H,6-7,10-12H2,1-3H3/t13-/m1/s1. The second-order valence-electron chi connectivity index (χ2n) is 7.37. The van der Waals surface area contributed by atoms with Gasteiger partial charge in [0, 0.05) is 25.3 Å². The minimum absolute atomic E-state index is 0.0587. The summed E-state index contributed by atoms with van der Waals surface area (Å²) in [6.45, 7) is 4.04. The molecule has 1 N–H and O–H groups in total. The first kappa shape index (κ1) is 20.7. The molecule has 0 spiro atoms. The summed E-state index contributed by atoms with van der Waals surface area (Å²) in [7, 11) is -3.98. The zero-order valence-electron chi connectivity index (χ0n) is 16.3. The summed E-state index contributed by atoms with van der Waals surface area (Å²) in [6.07, 6.45) is 2.30. The lowest BCUT2D eigenvalue weighted by molar-refractivity contribution is 0.0538. The molecule has 0 aliphatic carbocycles. The number of alkyl halides is 2. The van der Waals surface area contributed by atoms with Crippen molar-refractivity contribution in [1.82, 2.24) is 14.5 Å². The summed E-state index contributed by atoms with van der Waals surface area (Å²) in [5.41, 5.74) is 1.85. The molecule has 1 aliphatic rings. The number of halogens is 2. The molecule has 9 heteroatoms. The first-order chi connectivity index (χ1) is 13.2. The highest BCUT2D eigenvalue weighted by atomic mass is 32.2. The van der Waals surface area contributed by atoms with Gasteiger partial charge in [-0.3, -0.25) is 0 Å². The Morgan fingerprint density at radius 3 is 2.64 bits per heavy atom. The SMILES string of the molecule is Cc1nn(C(F)F)c(C)c1S(=O)(=O)NCc1ccccc1N1CCC[C@@H](C)C1. The highest BCUT2D eigenvalue weighted by Gasteiger charge is 2.27. The van der Waals surface area contributed by atoms with E-state index in [-0.39, 0.29) is 22.8 Å². The third-order valence-electron chi connectivity index (χ3n) is 5.15. The van der Waals surface area contributed by atoms with E-state index in [9.17, 15) is 17.2 Å². The van der Waals surface area contributed by atoms with E-state index < -0.39 is 16.6 Å². The minimum Gasteiger partial charge on any atom is -0.371 e. The fourth-order valence-electron chi connectivity index (χ4n) is 3.85. The Morgan fingerprint density at radius 1 is 1.29 bits per heavy atom. The fourth-order valence-corrected chi connectivity index (χ4v) is 5.25. The molecule has 1 aromatic heterocycles. The average molecular weight is 413 g/mol. The normalized spacial score (nSPS) is 18.1. The zero-order chi connectivity index (χ0) is 20.5. The molecule has 0 saturated carbocycles. The van der Waals surface area contributed by atoms with Crippen LogP contribution in [0.1, 0.15) is 43.3 Å². The predicted molar refractivity (Wildman–Crippen MR) is 104 cm³/mol. The van der Waals surface area contributed by atoms with Crippen molar-refractivity contribution in [2.75, 3.05) is 18.0 Å². The van der Waals surface area contributed by atoms with Crippen molar-refractivity contribution in [3.05, 3.63) is 41.2 Å². The van der Waals surface area contributed by atoms with Crippen LogP contribution in [-0.2, 0) is 16.6 Å². The number of anilines is 1. The van der Waals surface area contributed by atoms with Gasteiger partial charge in [-0.25, -0.2) is 17.8 Å². The van der Waals surface area contributed by atoms with Gasteiger partial charge >= 0.3 is 6.55 Å². The number of rotatable bonds is 6. The second-order valence-corrected chi connectivity index (χ2v) is 9.07. The number of hydrogen-bond acceptors (Lipinski definition) is 4. The Labute approximate surface area is 164 Å². The molecule has 6 nitrogen and oxygen atoms in total. The van der Waals surface area contributed by atoms with Crippen molar-refractivity contribution < 1.29 is 17.2 Å². The fraction of sp³-hybridized carbons (Fsp3) is 0.526. The van der Waals surface area contributed by atoms with Crippen molar-refractivity contribution in [1.29, 1.82) is 0 Å². The molecule has 2 aromatic rings. The van der Waals surface area contributed by atoms with Crippen molar-refractivity contribution in [2.24, 2.45) is 5.92 Å². The van der Waals surface area contributed by atoms with Crippen LogP contribution in [0.4, 0.5) is 14.5 Å². The molecule has 0 bridgehead atoms. The maximum atomic E-state index is 13.0. The largest absolute Gasteiger partial charge is 0.371 e. The van der Waals surface area contributed by atoms with Gasteiger partial charge < -0.3 is 4.90 Å². The van der Waals surface area contributed by atoms with Gasteiger partial charge in [0.1, 0.15) is 4.90 Å². The summed E-state index contributed by atoms with van der Waals surface area (Å²) >= 11 is 0. The van der Waals surface area contributed by atoms with E-state index in [0.717, 1.165) is 30.8 Å². The first-order valence-corrected chi connectivity index (χ1v) is 10.9. The molecule has 1 aliphatic heterocycles. The maximum Gasteiger partial charge on any atom is 0.333 e. The molecule has 2 heterocycles. The molecule has 1 fully saturated rings. The van der Waals surface area contributed by atoms with E-state index in [1.54, 1.807) is 0 Å². The summed E-state index contributed by atoms with van der Waals surface area (Å²) in [6, 6.07) is 7.69. The van der Waals surface area contributed by atoms with Crippen LogP contribution in [0.2, 0.25) is 0 Å². The first-order valence-electron chi connectivity index (χ1n) is 9.37. The van der Waals surface area contributed by atoms with Crippen LogP contribution < -0.4 is 9.62 Å². The lowest BCUT2D eigenvalue weighted by Crippen LogP contribution is -2.35. The number of aromatic nitrogens is 2. The van der Waals surface area contributed by atoms with Gasteiger partial charge in [0.25, 0.3) is 0 Å². The number of piperidine rings is 1. The Morgan fingerprint density at radius 2 is 2.00 bits per heavy atom. The molecule has 28 heavy (non-hydrogen) atoms. The van der Waals surface area contributed by atoms with Gasteiger partial charge in [-0.15, -0.1) is 0 Å². The van der Waals surface area contributed by atoms with Crippen LogP contribution in [0, 0.1) is 19.8 Å². The van der Waals surface area contributed by atoms with E-state index in [4.69, 9.17) is 0 Å². The monoisotopic (exact) mass is 412 g/mol. The van der Waals surface area contributed by atoms with Crippen LogP contribution in [0.3, 0.4) is 0 Å². The Kier molecular flexibility index (Phi) is 6.04. The van der Waals surface area contributed by atoms with Crippen LogP contribution in [-0.4, -0.2) is 31.3 Å². The van der Waals surface area contributed by atoms with Crippen molar-refractivity contribution in [2.45, 2.75) is 51.6 Å². The highest BCUT2D eigenvalue weighted by molar-refractivity contribution is 7.89. The number of para-hydroxylation sites is 1. The summed E-state index contributed by atoms with van der Waals surface area (Å²) in [4.78, 5) is 2.10. The number of benzene rings is 1. The number of nitrogens with zero attached hydrogens (tertiary/aromatic N) is 3. The molecule has 1 aromatic carbocycles. The molecule has 1 saturated heterocycles. The minimum atomic E-state index is -3.98. The lowest BCUT2D eigenvalue weighted by Gasteiger charge is -2.34. The van der Waals surface area contributed by atoms with Gasteiger partial charge in [-0.2, -0.15) is 13.9 Å². The van der Waals surface area contributed by atoms with Crippen LogP contribution >= 0.6 is 0 Å². The average Bonchev–Trinajstić information content (AvgIpc) is 2.95. The summed E-state index contributed by atoms with van der Waals surface area (Å²) < 4.78 is 54.7. The highest BCUT2D eigenvalue weighted by Crippen LogP contribution is 2.27. The van der Waals surface area contributed by atoms with E-state index in [1.165, 1.54) is 20.3 Å². The Balaban J connectivity index is 1.83. The number of hydrogen-bond donors (Lipinski definition) is 1. The lowest BCUT2D eigenvalue weighted by atomic mass is 9.99. The van der Waals surface area contributed by atoms with Crippen LogP contribution in [0.5, 0.6) is 0 Å². The smallest absolute Gasteiger partial charge is 0.333 e. The molecule has 0 amide bonds. The molecular weight excluding hydrogens is 386 g/mol. The summed E-state index contributed by atoms with van der Waals surface area (Å²) in [5, 5.41) is 3.67. The Bertz CT molecular complexity index is 943. The maximum absolute atomic E-state index is 13.0. The molecule has 0 unspecified atom stereocenters. The molecule has 3 rings (SSSR count). The van der Waals surface area contributed by atoms with E-state index in [0.29, 0.717) is 10.6 Å². The van der Waals surface area contributed by atoms with Gasteiger partial charge in [0.2, 0.25) is 10.0 Å². The number of sulfonamides is 1. The molecule has 0 radical (unpaired) electrons. The predicted octanol–water partition coefficient (Wildman–Crippen LogP) is 3.61. The van der Waals surface area contributed by atoms with Gasteiger partial charge in [0.15, 0.2) is 0 Å². The third kappa shape index (κ3) is 4.20. The van der Waals surface area contributed by atoms with Crippen LogP contribution in [0.25, 0.3) is 0 Å². The number of aryl methyl sites for hydroxylation is 1. The molecular formula is C19H26F2N4O2S. The van der Waals surface area contributed by atoms with E-state index in [1.807, 2.05) is 24.3 Å². The summed E-state index contributed by atoms with van der Waals surface area (Å²) in [5.74, 6) is 0.587. The molecule has 1 atom stereocenters. The van der Waals surface area contributed by atoms with Crippen molar-refractivity contribution in [3.63, 3.8) is 0 Å². The third-order valence-corrected chi connectivity index (χ3v) is 6.81. The number of nitrogens with one attached hydrogen (secondary N) is 1. The van der Waals surface area contributed by atoms with Crippen LogP contribution in [0.15, 0.2) is 29.2 Å². The van der Waals surface area contributed by atoms with Gasteiger partial charge in [-0.05, 0) is 44.2 Å². The zero-order valence-corrected chi connectivity index (χ0v) is 17.1. The van der Waals surface area contributed by atoms with Crippen molar-refractivity contribution >= 4 is 15.7 Å². The van der Waals surface area contributed by atoms with Gasteiger partial charge in [0.05, 0.1) is 11.4 Å². The quantitative estimate of drug-likeness (QED) is 0.787. The molecule has 154 valence electrons. The Hall–Kier alpha value is -2.00. The van der Waals surface area contributed by atoms with Crippen molar-refractivity contribution in [3.8, 4) is 0 Å². The topological polar surface area (TPSA) is 67.2 Å². The van der Waals surface area contributed by atoms with Gasteiger partial charge in [-0.1, -0.05) is 25.1 Å².